The summed E-state index contributed by atoms with van der Waals surface area (Å²) in [6.07, 6.45) is -2.00. The fourth-order valence-corrected chi connectivity index (χ4v) is 5.78. The Morgan fingerprint density at radius 1 is 1.16 bits per heavy atom. The van der Waals surface area contributed by atoms with Crippen LogP contribution in [-0.2, 0) is 31.6 Å². The van der Waals surface area contributed by atoms with E-state index in [0.717, 1.165) is 6.33 Å². The highest BCUT2D eigenvalue weighted by Gasteiger charge is 2.46. The zero-order valence-electron chi connectivity index (χ0n) is 15.4. The topological polar surface area (TPSA) is 294 Å². The van der Waals surface area contributed by atoms with E-state index in [1.165, 1.54) is 10.9 Å². The van der Waals surface area contributed by atoms with Crippen molar-refractivity contribution in [3.63, 3.8) is 0 Å². The molecule has 1 aliphatic rings. The molecule has 2 aromatic rings. The van der Waals surface area contributed by atoms with Crippen LogP contribution in [0.1, 0.15) is 6.23 Å². The van der Waals surface area contributed by atoms with Crippen molar-refractivity contribution in [2.45, 2.75) is 24.5 Å². The second kappa shape index (κ2) is 8.90. The molecule has 0 saturated carbocycles. The number of fused-ring (bicyclic) bond motifs is 1. The molecule has 0 aliphatic carbocycles. The van der Waals surface area contributed by atoms with Gasteiger partial charge in [0.05, 0.1) is 12.9 Å². The Kier molecular flexibility index (Phi) is 6.93. The number of phosphoric acid groups is 3. The highest BCUT2D eigenvalue weighted by molar-refractivity contribution is 7.66. The SMILES string of the molecule is [N-]=NC1C(O)C(COP(=O)(O)OP(=O)(O)OP(=O)(O)O)OC1n1cnc2c(N)ncnc21. The van der Waals surface area contributed by atoms with Gasteiger partial charge in [-0.05, 0) is 0 Å². The number of aliphatic hydroxyl groups is 1. The van der Waals surface area contributed by atoms with E-state index in [1.807, 2.05) is 0 Å². The van der Waals surface area contributed by atoms with Gasteiger partial charge in [-0.3, -0.25) is 9.09 Å². The molecule has 0 bridgehead atoms. The normalized spacial score (nSPS) is 27.8. The van der Waals surface area contributed by atoms with E-state index in [0.29, 0.717) is 0 Å². The molecule has 0 amide bonds. The van der Waals surface area contributed by atoms with Crippen LogP contribution in [0.5, 0.6) is 0 Å². The Bertz CT molecular complexity index is 1150. The van der Waals surface area contributed by atoms with Gasteiger partial charge in [0.1, 0.15) is 30.1 Å². The van der Waals surface area contributed by atoms with Crippen LogP contribution in [-0.4, -0.2) is 69.1 Å². The van der Waals surface area contributed by atoms with Gasteiger partial charge in [0.25, 0.3) is 0 Å². The molecule has 1 saturated heterocycles. The molecule has 19 nitrogen and oxygen atoms in total. The molecule has 6 unspecified atom stereocenters. The molecule has 178 valence electrons. The maximum atomic E-state index is 11.8. The van der Waals surface area contributed by atoms with Crippen molar-refractivity contribution in [3.05, 3.63) is 18.2 Å². The fourth-order valence-electron chi connectivity index (χ4n) is 2.75. The number of ether oxygens (including phenoxy) is 1. The summed E-state index contributed by atoms with van der Waals surface area (Å²) in [4.78, 5) is 47.4. The smallest absolute Gasteiger partial charge is 0.490 e. The van der Waals surface area contributed by atoms with E-state index in [1.54, 1.807) is 0 Å². The van der Waals surface area contributed by atoms with Gasteiger partial charge in [-0.25, -0.2) is 28.6 Å². The van der Waals surface area contributed by atoms with Gasteiger partial charge in [0.15, 0.2) is 17.7 Å². The third kappa shape index (κ3) is 5.60. The summed E-state index contributed by atoms with van der Waals surface area (Å²) in [5.41, 5.74) is 15.3. The Morgan fingerprint density at radius 3 is 2.47 bits per heavy atom. The first-order valence-corrected chi connectivity index (χ1v) is 12.6. The van der Waals surface area contributed by atoms with Crippen molar-refractivity contribution >= 4 is 40.4 Å². The van der Waals surface area contributed by atoms with Crippen molar-refractivity contribution < 1.29 is 56.3 Å². The van der Waals surface area contributed by atoms with Gasteiger partial charge in [0, 0.05) is 0 Å². The largest absolute Gasteiger partial charge is 0.711 e. The summed E-state index contributed by atoms with van der Waals surface area (Å²) in [6, 6.07) is -1.36. The zero-order valence-corrected chi connectivity index (χ0v) is 18.1. The molecule has 3 rings (SSSR count). The van der Waals surface area contributed by atoms with Crippen LogP contribution in [0, 0.1) is 0 Å². The number of hydrogen-bond donors (Lipinski definition) is 6. The number of nitrogens with zero attached hydrogens (tertiary/aromatic N) is 6. The second-order valence-corrected chi connectivity index (χ2v) is 10.6. The number of hydrogen-bond acceptors (Lipinski definition) is 13. The monoisotopic (exact) mass is 518 g/mol. The van der Waals surface area contributed by atoms with Crippen LogP contribution in [0.4, 0.5) is 5.82 Å². The third-order valence-corrected chi connectivity index (χ3v) is 7.75. The fraction of sp³-hybridized carbons (Fsp3) is 0.500. The quantitative estimate of drug-likeness (QED) is 0.178. The lowest BCUT2D eigenvalue weighted by molar-refractivity contribution is -0.0428. The van der Waals surface area contributed by atoms with E-state index in [2.05, 4.69) is 33.2 Å². The first-order chi connectivity index (χ1) is 14.7. The van der Waals surface area contributed by atoms with Crippen LogP contribution < -0.4 is 5.73 Å². The molecule has 2 aromatic heterocycles. The number of nitrogen functional groups attached to an aromatic ring is 1. The van der Waals surface area contributed by atoms with Crippen LogP contribution in [0.15, 0.2) is 17.8 Å². The van der Waals surface area contributed by atoms with Crippen molar-refractivity contribution in [2.75, 3.05) is 12.3 Å². The van der Waals surface area contributed by atoms with Crippen LogP contribution in [0.2, 0.25) is 0 Å². The molecular formula is C10H15N7O12P3-. The van der Waals surface area contributed by atoms with Crippen LogP contribution >= 0.6 is 23.5 Å². The standard InChI is InChI=1S/C10H15N7O12P3/c11-8-6-9(14-2-13-8)17(3-15-6)10-5(16-12)7(18)4(27-10)1-26-31(22,23)29-32(24,25)28-30(19,20)21/h2-5,7,10,18H,1H2,(H,22,23)(H,24,25)(H2,11,13,14)(H2,19,20,21)/q-1. The number of aromatic nitrogens is 4. The maximum absolute atomic E-state index is 11.8. The number of aliphatic hydroxyl groups excluding tert-OH is 1. The minimum absolute atomic E-state index is 0.0361. The highest BCUT2D eigenvalue weighted by atomic mass is 31.3. The molecule has 0 spiro atoms. The summed E-state index contributed by atoms with van der Waals surface area (Å²) in [7, 11) is -16.7. The first-order valence-electron chi connectivity index (χ1n) is 8.12. The number of nitrogens with two attached hydrogens (primary N) is 1. The van der Waals surface area contributed by atoms with Crippen LogP contribution in [0.3, 0.4) is 0 Å². The lowest BCUT2D eigenvalue weighted by Gasteiger charge is -2.19. The molecule has 7 N–H and O–H groups in total. The molecule has 3 heterocycles. The van der Waals surface area contributed by atoms with Crippen molar-refractivity contribution in [3.8, 4) is 0 Å². The van der Waals surface area contributed by atoms with Gasteiger partial charge in [0.2, 0.25) is 0 Å². The number of imidazole rings is 1. The van der Waals surface area contributed by atoms with Gasteiger partial charge in [-0.2, -0.15) is 8.62 Å². The Hall–Kier alpha value is -1.72. The van der Waals surface area contributed by atoms with Gasteiger partial charge in [-0.1, -0.05) is 0 Å². The Labute approximate surface area is 177 Å². The Balaban J connectivity index is 1.73. The van der Waals surface area contributed by atoms with Crippen molar-refractivity contribution in [1.29, 1.82) is 0 Å². The predicted octanol–water partition coefficient (Wildman–Crippen LogP) is -0.600. The molecule has 6 atom stereocenters. The third-order valence-electron chi connectivity index (χ3n) is 3.95. The number of phosphoric ester groups is 1. The average molecular weight is 518 g/mol. The average Bonchev–Trinajstić information content (AvgIpc) is 3.18. The summed E-state index contributed by atoms with van der Waals surface area (Å²) in [5, 5.41) is 13.4. The molecule has 0 radical (unpaired) electrons. The van der Waals surface area contributed by atoms with Gasteiger partial charge in [-0.15, -0.1) is 0 Å². The maximum Gasteiger partial charge on any atom is 0.490 e. The summed E-state index contributed by atoms with van der Waals surface area (Å²) >= 11 is 0. The summed E-state index contributed by atoms with van der Waals surface area (Å²) < 4.78 is 52.2. The van der Waals surface area contributed by atoms with Crippen LogP contribution in [0.25, 0.3) is 16.7 Å². The van der Waals surface area contributed by atoms with E-state index in [4.69, 9.17) is 25.2 Å². The molecule has 0 aromatic carbocycles. The molecule has 32 heavy (non-hydrogen) atoms. The van der Waals surface area contributed by atoms with E-state index in [-0.39, 0.29) is 17.0 Å². The summed E-state index contributed by atoms with van der Waals surface area (Å²) in [6.45, 7) is -0.961. The van der Waals surface area contributed by atoms with Gasteiger partial charge >= 0.3 is 23.5 Å². The number of anilines is 1. The van der Waals surface area contributed by atoms with E-state index >= 15 is 0 Å². The summed E-state index contributed by atoms with van der Waals surface area (Å²) in [5.74, 6) is 0.0361. The van der Waals surface area contributed by atoms with E-state index < -0.39 is 54.6 Å². The van der Waals surface area contributed by atoms with Crippen molar-refractivity contribution in [1.82, 2.24) is 19.5 Å². The lowest BCUT2D eigenvalue weighted by Crippen LogP contribution is -2.32. The Morgan fingerprint density at radius 2 is 1.84 bits per heavy atom. The van der Waals surface area contributed by atoms with Gasteiger partial charge < -0.3 is 45.8 Å². The zero-order chi connectivity index (χ0) is 23.9. The molecule has 1 fully saturated rings. The predicted molar refractivity (Wildman–Crippen MR) is 99.0 cm³/mol. The van der Waals surface area contributed by atoms with Crippen molar-refractivity contribution in [2.24, 2.45) is 5.11 Å². The highest BCUT2D eigenvalue weighted by Crippen LogP contribution is 2.66. The second-order valence-electron chi connectivity index (χ2n) is 6.13. The molecule has 22 heteroatoms. The molecular weight excluding hydrogens is 503 g/mol. The van der Waals surface area contributed by atoms with E-state index in [9.17, 15) is 29.2 Å². The number of rotatable bonds is 9. The minimum Gasteiger partial charge on any atom is -0.711 e. The first kappa shape index (κ1) is 24.9. The minimum atomic E-state index is -5.72. The molecule has 1 aliphatic heterocycles. The lowest BCUT2D eigenvalue weighted by atomic mass is 10.1.